The van der Waals surface area contributed by atoms with Crippen LogP contribution in [0.5, 0.6) is 0 Å². The monoisotopic (exact) mass is 630 g/mol. The predicted molar refractivity (Wildman–Crippen MR) is 161 cm³/mol. The quantitative estimate of drug-likeness (QED) is 0.247. The van der Waals surface area contributed by atoms with Crippen LogP contribution in [0.2, 0.25) is 0 Å². The van der Waals surface area contributed by atoms with Crippen molar-refractivity contribution in [1.29, 1.82) is 0 Å². The standard InChI is InChI=1S/C26H22F3N9O.C3H3N3O/c1-15-8-11-37-21(15)25(39)38(17-6-4-3-5-7-17)24(35-37)16(2)33-23-20-18(12-30-22(20)31-14-32-23)19-9-10-36(34-19)13-26(27,28)29;7-3-1-2-4-6-5-3/h3-12,14,16H,13H2,1-2H3,(H2,30,31,32,33);1-2H,(H,4,5,7)/t16-;/m0./s1. The second kappa shape index (κ2) is 12.1. The van der Waals surface area contributed by atoms with Crippen molar-refractivity contribution in [1.82, 2.24) is 54.3 Å². The summed E-state index contributed by atoms with van der Waals surface area (Å²) in [6, 6.07) is 13.3. The summed E-state index contributed by atoms with van der Waals surface area (Å²) in [6.45, 7) is 2.51. The molecule has 0 unspecified atom stereocenters. The Bertz CT molecular complexity index is 2230. The van der Waals surface area contributed by atoms with Crippen molar-refractivity contribution in [2.24, 2.45) is 0 Å². The Hall–Kier alpha value is -6.13. The molecule has 0 spiro atoms. The first-order valence-electron chi connectivity index (χ1n) is 13.8. The van der Waals surface area contributed by atoms with Crippen LogP contribution in [0.1, 0.15) is 24.4 Å². The molecule has 0 saturated carbocycles. The van der Waals surface area contributed by atoms with Crippen molar-refractivity contribution in [2.75, 3.05) is 5.32 Å². The second-order valence-electron chi connectivity index (χ2n) is 10.2. The van der Waals surface area contributed by atoms with E-state index >= 15 is 0 Å². The summed E-state index contributed by atoms with van der Waals surface area (Å²) in [5.41, 5.74) is 2.84. The number of hydrogen-bond donors (Lipinski definition) is 3. The molecule has 0 amide bonds. The number of halogens is 3. The van der Waals surface area contributed by atoms with Crippen LogP contribution < -0.4 is 16.4 Å². The summed E-state index contributed by atoms with van der Waals surface area (Å²) >= 11 is 0. The lowest BCUT2D eigenvalue weighted by atomic mass is 10.1. The van der Waals surface area contributed by atoms with Gasteiger partial charge in [-0.25, -0.2) is 19.6 Å². The van der Waals surface area contributed by atoms with E-state index in [-0.39, 0.29) is 11.1 Å². The molecule has 0 aliphatic heterocycles. The highest BCUT2D eigenvalue weighted by Crippen LogP contribution is 2.33. The fraction of sp³-hybridized carbons (Fsp3) is 0.172. The maximum absolute atomic E-state index is 13.7. The third-order valence-electron chi connectivity index (χ3n) is 6.91. The molecule has 0 aliphatic carbocycles. The minimum absolute atomic E-state index is 0.215. The third-order valence-corrected chi connectivity index (χ3v) is 6.91. The Labute approximate surface area is 256 Å². The average Bonchev–Trinajstić information content (AvgIpc) is 3.76. The van der Waals surface area contributed by atoms with Crippen molar-refractivity contribution < 1.29 is 13.2 Å². The number of fused-ring (bicyclic) bond motifs is 2. The van der Waals surface area contributed by atoms with Gasteiger partial charge in [-0.05, 0) is 43.7 Å². The van der Waals surface area contributed by atoms with Crippen LogP contribution in [0.25, 0.3) is 33.5 Å². The van der Waals surface area contributed by atoms with E-state index in [1.807, 2.05) is 50.2 Å². The molecule has 0 saturated heterocycles. The first kappa shape index (κ1) is 29.9. The van der Waals surface area contributed by atoms with Gasteiger partial charge in [0.2, 0.25) is 0 Å². The van der Waals surface area contributed by atoms with Crippen molar-refractivity contribution in [3.05, 3.63) is 112 Å². The molecule has 0 aliphatic rings. The lowest BCUT2D eigenvalue weighted by Gasteiger charge is -2.20. The van der Waals surface area contributed by atoms with Gasteiger partial charge >= 0.3 is 6.18 Å². The van der Waals surface area contributed by atoms with Crippen LogP contribution in [-0.2, 0) is 6.54 Å². The zero-order valence-electron chi connectivity index (χ0n) is 24.3. The molecule has 17 heteroatoms. The molecule has 46 heavy (non-hydrogen) atoms. The number of aryl methyl sites for hydroxylation is 1. The normalized spacial score (nSPS) is 12.2. The van der Waals surface area contributed by atoms with Gasteiger partial charge in [0, 0.05) is 30.2 Å². The number of aromatic amines is 2. The van der Waals surface area contributed by atoms with E-state index in [2.05, 4.69) is 40.8 Å². The predicted octanol–water partition coefficient (Wildman–Crippen LogP) is 3.83. The SMILES string of the molecule is Cc1ccn2nc([C@H](C)Nc3ncnc4[nH]cc(-c5ccn(CC(F)(F)F)n5)c34)n(-c3ccccc3)c(=O)c12.O=c1ccnn[nH]1. The molecule has 6 heterocycles. The molecule has 3 N–H and O–H groups in total. The van der Waals surface area contributed by atoms with Gasteiger partial charge in [-0.1, -0.05) is 23.4 Å². The molecule has 234 valence electrons. The minimum atomic E-state index is -4.39. The van der Waals surface area contributed by atoms with Gasteiger partial charge in [-0.3, -0.25) is 18.8 Å². The molecule has 0 fully saturated rings. The summed E-state index contributed by atoms with van der Waals surface area (Å²) in [5.74, 6) is 0.847. The molecule has 1 aromatic carbocycles. The van der Waals surface area contributed by atoms with Crippen LogP contribution in [-0.4, -0.2) is 60.5 Å². The average molecular weight is 631 g/mol. The van der Waals surface area contributed by atoms with Crippen molar-refractivity contribution in [3.8, 4) is 16.9 Å². The number of para-hydroxylation sites is 1. The number of nitrogens with one attached hydrogen (secondary N) is 3. The molecule has 0 radical (unpaired) electrons. The van der Waals surface area contributed by atoms with Gasteiger partial charge in [-0.15, -0.1) is 5.10 Å². The number of aromatic nitrogens is 11. The second-order valence-corrected chi connectivity index (χ2v) is 10.2. The number of hydrogen-bond acceptors (Lipinski definition) is 9. The zero-order valence-corrected chi connectivity index (χ0v) is 24.3. The molecule has 14 nitrogen and oxygen atoms in total. The van der Waals surface area contributed by atoms with E-state index in [4.69, 9.17) is 5.10 Å². The van der Waals surface area contributed by atoms with Gasteiger partial charge in [-0.2, -0.15) is 23.4 Å². The first-order valence-corrected chi connectivity index (χ1v) is 13.8. The van der Waals surface area contributed by atoms with E-state index in [0.717, 1.165) is 10.2 Å². The number of H-pyrrole nitrogens is 2. The Balaban J connectivity index is 0.000000471. The summed E-state index contributed by atoms with van der Waals surface area (Å²) in [6.07, 6.45) is 2.95. The molecular formula is C29H25F3N12O2. The maximum atomic E-state index is 13.7. The molecule has 7 rings (SSSR count). The van der Waals surface area contributed by atoms with Crippen LogP contribution in [0.3, 0.4) is 0 Å². The first-order chi connectivity index (χ1) is 22.1. The molecular weight excluding hydrogens is 605 g/mol. The van der Waals surface area contributed by atoms with Crippen molar-refractivity contribution >= 4 is 22.4 Å². The number of anilines is 1. The van der Waals surface area contributed by atoms with E-state index in [0.29, 0.717) is 45.1 Å². The van der Waals surface area contributed by atoms with E-state index < -0.39 is 18.8 Å². The van der Waals surface area contributed by atoms with E-state index in [1.54, 1.807) is 21.5 Å². The highest BCUT2D eigenvalue weighted by molar-refractivity contribution is 6.00. The lowest BCUT2D eigenvalue weighted by molar-refractivity contribution is -0.142. The Kier molecular flexibility index (Phi) is 7.87. The molecule has 1 atom stereocenters. The van der Waals surface area contributed by atoms with Gasteiger partial charge in [0.25, 0.3) is 11.1 Å². The Morgan fingerprint density at radius 1 is 1.00 bits per heavy atom. The van der Waals surface area contributed by atoms with Gasteiger partial charge in [0.05, 0.1) is 29.0 Å². The number of benzene rings is 1. The minimum Gasteiger partial charge on any atom is -0.360 e. The summed E-state index contributed by atoms with van der Waals surface area (Å²) in [7, 11) is 0. The fourth-order valence-electron chi connectivity index (χ4n) is 4.91. The molecule has 7 aromatic rings. The highest BCUT2D eigenvalue weighted by atomic mass is 19.4. The largest absolute Gasteiger partial charge is 0.408 e. The third kappa shape index (κ3) is 6.10. The van der Waals surface area contributed by atoms with Crippen LogP contribution in [0, 0.1) is 6.92 Å². The van der Waals surface area contributed by atoms with Gasteiger partial charge in [0.1, 0.15) is 29.9 Å². The Morgan fingerprint density at radius 2 is 1.80 bits per heavy atom. The zero-order chi connectivity index (χ0) is 32.4. The topological polar surface area (TPSA) is 169 Å². The summed E-state index contributed by atoms with van der Waals surface area (Å²) in [4.78, 5) is 35.5. The van der Waals surface area contributed by atoms with Gasteiger partial charge < -0.3 is 10.3 Å². The number of alkyl halides is 3. The fourth-order valence-corrected chi connectivity index (χ4v) is 4.91. The van der Waals surface area contributed by atoms with Crippen LogP contribution in [0.15, 0.2) is 89.2 Å². The Morgan fingerprint density at radius 3 is 2.50 bits per heavy atom. The van der Waals surface area contributed by atoms with E-state index in [1.165, 1.54) is 30.9 Å². The maximum Gasteiger partial charge on any atom is 0.408 e. The lowest BCUT2D eigenvalue weighted by Crippen LogP contribution is -2.29. The smallest absolute Gasteiger partial charge is 0.360 e. The van der Waals surface area contributed by atoms with Gasteiger partial charge in [0.15, 0.2) is 5.82 Å². The molecule has 6 aromatic heterocycles. The van der Waals surface area contributed by atoms with Crippen molar-refractivity contribution in [3.63, 3.8) is 0 Å². The number of rotatable bonds is 6. The summed E-state index contributed by atoms with van der Waals surface area (Å²) in [5, 5.41) is 21.4. The highest BCUT2D eigenvalue weighted by Gasteiger charge is 2.29. The van der Waals surface area contributed by atoms with Crippen LogP contribution in [0.4, 0.5) is 19.0 Å². The summed E-state index contributed by atoms with van der Waals surface area (Å²) < 4.78 is 42.6. The van der Waals surface area contributed by atoms with E-state index in [9.17, 15) is 22.8 Å². The van der Waals surface area contributed by atoms with Crippen molar-refractivity contribution in [2.45, 2.75) is 32.6 Å². The number of nitrogens with zero attached hydrogens (tertiary/aromatic N) is 9. The van der Waals surface area contributed by atoms with Crippen LogP contribution >= 0.6 is 0 Å². The molecule has 0 bridgehead atoms.